The Bertz CT molecular complexity index is 194. The molecular weight excluding hydrogens is 168 g/mol. The predicted octanol–water partition coefficient (Wildman–Crippen LogP) is 1.70. The molecule has 0 aliphatic heterocycles. The van der Waals surface area contributed by atoms with Crippen LogP contribution in [0.15, 0.2) is 24.3 Å². The number of ether oxygens (including phenoxy) is 2. The lowest BCUT2D eigenvalue weighted by Crippen LogP contribution is -2.06. The summed E-state index contributed by atoms with van der Waals surface area (Å²) in [6.07, 6.45) is 3.36. The Labute approximate surface area is 79.0 Å². The Hall–Kier alpha value is -1.09. The van der Waals surface area contributed by atoms with E-state index in [1.165, 1.54) is 0 Å². The Balaban J connectivity index is 3.73. The van der Waals surface area contributed by atoms with E-state index < -0.39 is 0 Å². The third kappa shape index (κ3) is 6.11. The van der Waals surface area contributed by atoms with Crippen LogP contribution < -0.4 is 0 Å². The molecule has 0 unspecified atom stereocenters. The number of hydrogen-bond acceptors (Lipinski definition) is 3. The molecule has 0 spiro atoms. The topological polar surface area (TPSA) is 35.5 Å². The van der Waals surface area contributed by atoms with Gasteiger partial charge in [-0.05, 0) is 19.9 Å². The van der Waals surface area contributed by atoms with Crippen molar-refractivity contribution in [3.05, 3.63) is 24.3 Å². The molecule has 0 saturated carbocycles. The zero-order valence-corrected chi connectivity index (χ0v) is 8.21. The van der Waals surface area contributed by atoms with E-state index in [2.05, 4.69) is 6.58 Å². The average Bonchev–Trinajstić information content (AvgIpc) is 2.12. The van der Waals surface area contributed by atoms with Crippen LogP contribution in [0, 0.1) is 0 Å². The van der Waals surface area contributed by atoms with Gasteiger partial charge in [-0.1, -0.05) is 6.08 Å². The van der Waals surface area contributed by atoms with E-state index in [0.29, 0.717) is 25.4 Å². The van der Waals surface area contributed by atoms with Gasteiger partial charge in [0.2, 0.25) is 0 Å². The van der Waals surface area contributed by atoms with E-state index in [1.54, 1.807) is 26.0 Å². The molecule has 0 aromatic rings. The van der Waals surface area contributed by atoms with Gasteiger partial charge in [-0.2, -0.15) is 0 Å². The molecule has 0 heterocycles. The molecule has 0 fully saturated rings. The molecule has 0 saturated heterocycles. The molecule has 0 atom stereocenters. The number of esters is 1. The van der Waals surface area contributed by atoms with E-state index >= 15 is 0 Å². The molecule has 0 rings (SSSR count). The van der Waals surface area contributed by atoms with Gasteiger partial charge >= 0.3 is 5.97 Å². The Morgan fingerprint density at radius 2 is 2.15 bits per heavy atom. The van der Waals surface area contributed by atoms with Gasteiger partial charge in [-0.3, -0.25) is 0 Å². The first-order chi connectivity index (χ1) is 6.22. The number of rotatable bonds is 6. The third-order valence-corrected chi connectivity index (χ3v) is 1.34. The fourth-order valence-electron chi connectivity index (χ4n) is 0.664. The Morgan fingerprint density at radius 3 is 2.69 bits per heavy atom. The Morgan fingerprint density at radius 1 is 1.46 bits per heavy atom. The summed E-state index contributed by atoms with van der Waals surface area (Å²) in [4.78, 5) is 11.0. The van der Waals surface area contributed by atoms with E-state index in [-0.39, 0.29) is 5.97 Å². The van der Waals surface area contributed by atoms with Gasteiger partial charge in [0.25, 0.3) is 0 Å². The molecule has 0 aromatic heterocycles. The highest BCUT2D eigenvalue weighted by molar-refractivity contribution is 5.87. The summed E-state index contributed by atoms with van der Waals surface area (Å²) in [6, 6.07) is 0. The van der Waals surface area contributed by atoms with Crippen molar-refractivity contribution in [3.8, 4) is 0 Å². The minimum absolute atomic E-state index is 0.287. The first-order valence-corrected chi connectivity index (χ1v) is 4.24. The van der Waals surface area contributed by atoms with Gasteiger partial charge in [0.15, 0.2) is 0 Å². The molecule has 0 N–H and O–H groups in total. The summed E-state index contributed by atoms with van der Waals surface area (Å²) >= 11 is 0. The summed E-state index contributed by atoms with van der Waals surface area (Å²) in [5.41, 5.74) is 0.575. The van der Waals surface area contributed by atoms with Crippen LogP contribution in [0.25, 0.3) is 0 Å². The van der Waals surface area contributed by atoms with E-state index in [4.69, 9.17) is 9.47 Å². The molecule has 0 aliphatic carbocycles. The highest BCUT2D eigenvalue weighted by Gasteiger charge is 2.02. The van der Waals surface area contributed by atoms with Crippen LogP contribution in [-0.4, -0.2) is 25.8 Å². The smallest absolute Gasteiger partial charge is 0.333 e. The van der Waals surface area contributed by atoms with Crippen LogP contribution in [-0.2, 0) is 14.3 Å². The van der Waals surface area contributed by atoms with Crippen LogP contribution in [0.4, 0.5) is 0 Å². The van der Waals surface area contributed by atoms with Crippen LogP contribution in [0.3, 0.4) is 0 Å². The second-order valence-corrected chi connectivity index (χ2v) is 2.43. The summed E-state index contributed by atoms with van der Waals surface area (Å²) in [5.74, 6) is -0.287. The maximum atomic E-state index is 11.0. The van der Waals surface area contributed by atoms with Crippen LogP contribution >= 0.6 is 0 Å². The molecule has 13 heavy (non-hydrogen) atoms. The molecule has 0 radical (unpaired) electrons. The van der Waals surface area contributed by atoms with Gasteiger partial charge in [0.1, 0.15) is 0 Å². The van der Waals surface area contributed by atoms with Gasteiger partial charge in [0, 0.05) is 5.57 Å². The largest absolute Gasteiger partial charge is 0.463 e. The number of carbonyl (C=O) groups excluding carboxylic acids is 1. The summed E-state index contributed by atoms with van der Waals surface area (Å²) < 4.78 is 9.86. The van der Waals surface area contributed by atoms with E-state index in [0.717, 1.165) is 0 Å². The molecular formula is C10H16O3. The van der Waals surface area contributed by atoms with E-state index in [1.807, 2.05) is 0 Å². The maximum Gasteiger partial charge on any atom is 0.333 e. The van der Waals surface area contributed by atoms with Crippen molar-refractivity contribution in [1.82, 2.24) is 0 Å². The van der Waals surface area contributed by atoms with Crippen molar-refractivity contribution in [2.24, 2.45) is 0 Å². The van der Waals surface area contributed by atoms with Crippen LogP contribution in [0.2, 0.25) is 0 Å². The minimum Gasteiger partial charge on any atom is -0.463 e. The van der Waals surface area contributed by atoms with Gasteiger partial charge in [-0.25, -0.2) is 4.79 Å². The first kappa shape index (κ1) is 11.9. The molecule has 3 heteroatoms. The van der Waals surface area contributed by atoms with Crippen LogP contribution in [0.5, 0.6) is 0 Å². The van der Waals surface area contributed by atoms with Gasteiger partial charge in [-0.15, -0.1) is 6.58 Å². The van der Waals surface area contributed by atoms with Crippen molar-refractivity contribution < 1.29 is 14.3 Å². The lowest BCUT2D eigenvalue weighted by atomic mass is 10.3. The average molecular weight is 184 g/mol. The fraction of sp³-hybridized carbons (Fsp3) is 0.500. The molecule has 3 nitrogen and oxygen atoms in total. The number of carbonyl (C=O) groups is 1. The summed E-state index contributed by atoms with van der Waals surface area (Å²) in [7, 11) is 0. The molecule has 74 valence electrons. The summed E-state index contributed by atoms with van der Waals surface area (Å²) in [6.45, 7) is 8.29. The second-order valence-electron chi connectivity index (χ2n) is 2.43. The quantitative estimate of drug-likeness (QED) is 0.273. The molecule has 0 amide bonds. The zero-order chi connectivity index (χ0) is 10.1. The zero-order valence-electron chi connectivity index (χ0n) is 8.21. The minimum atomic E-state index is -0.287. The standard InChI is InChI=1S/C10H16O3/c1-4-7-12-8-6-9(3)10(11)13-5-2/h4,6H,1,5,7-8H2,2-3H3/b9-6+. The highest BCUT2D eigenvalue weighted by Crippen LogP contribution is 1.96. The highest BCUT2D eigenvalue weighted by atomic mass is 16.5. The third-order valence-electron chi connectivity index (χ3n) is 1.34. The number of hydrogen-bond donors (Lipinski definition) is 0. The van der Waals surface area contributed by atoms with Gasteiger partial charge < -0.3 is 9.47 Å². The molecule has 0 aromatic carbocycles. The monoisotopic (exact) mass is 184 g/mol. The van der Waals surface area contributed by atoms with Crippen LogP contribution in [0.1, 0.15) is 13.8 Å². The Kier molecular flexibility index (Phi) is 6.92. The van der Waals surface area contributed by atoms with Crippen molar-refractivity contribution in [2.75, 3.05) is 19.8 Å². The summed E-state index contributed by atoms with van der Waals surface area (Å²) in [5, 5.41) is 0. The SMILES string of the molecule is C=CCOC/C=C(\C)C(=O)OCC. The lowest BCUT2D eigenvalue weighted by Gasteiger charge is -2.01. The second kappa shape index (κ2) is 7.55. The predicted molar refractivity (Wildman–Crippen MR) is 51.4 cm³/mol. The van der Waals surface area contributed by atoms with Crippen molar-refractivity contribution in [3.63, 3.8) is 0 Å². The molecule has 0 aliphatic rings. The fourth-order valence-corrected chi connectivity index (χ4v) is 0.664. The van der Waals surface area contributed by atoms with Crippen molar-refractivity contribution in [2.45, 2.75) is 13.8 Å². The van der Waals surface area contributed by atoms with Crippen molar-refractivity contribution >= 4 is 5.97 Å². The molecule has 0 bridgehead atoms. The first-order valence-electron chi connectivity index (χ1n) is 4.24. The lowest BCUT2D eigenvalue weighted by molar-refractivity contribution is -0.138. The normalized spacial score (nSPS) is 11.1. The van der Waals surface area contributed by atoms with E-state index in [9.17, 15) is 4.79 Å². The van der Waals surface area contributed by atoms with Gasteiger partial charge in [0.05, 0.1) is 19.8 Å². The maximum absolute atomic E-state index is 11.0. The van der Waals surface area contributed by atoms with Crippen molar-refractivity contribution in [1.29, 1.82) is 0 Å².